The molecule has 2 rings (SSSR count). The topological polar surface area (TPSA) is 19.7 Å². The Kier molecular flexibility index (Phi) is 2.86. The first-order valence-corrected chi connectivity index (χ1v) is 5.41. The fraction of sp³-hybridized carbons (Fsp3) is 0.308. The molecule has 78 valence electrons. The zero-order chi connectivity index (χ0) is 10.7. The summed E-state index contributed by atoms with van der Waals surface area (Å²) in [6.45, 7) is 5.29. The lowest BCUT2D eigenvalue weighted by atomic mass is 10.1. The molecule has 0 spiro atoms. The summed E-state index contributed by atoms with van der Waals surface area (Å²) in [5, 5.41) is 0. The standard InChI is InChI=1S/C13H16N2/c1-3-15-10-11(2)14-13(15)9-12-7-5-4-6-8-12/h4-8,10H,3,9H2,1-2H3/p+1. The molecule has 2 aromatic rings. The van der Waals surface area contributed by atoms with E-state index >= 15 is 0 Å². The second-order valence-corrected chi connectivity index (χ2v) is 3.83. The fourth-order valence-electron chi connectivity index (χ4n) is 1.86. The van der Waals surface area contributed by atoms with Crippen LogP contribution in [0.2, 0.25) is 0 Å². The van der Waals surface area contributed by atoms with Crippen LogP contribution in [0.1, 0.15) is 24.0 Å². The van der Waals surface area contributed by atoms with Crippen LogP contribution in [0.4, 0.5) is 0 Å². The van der Waals surface area contributed by atoms with Gasteiger partial charge in [-0.3, -0.25) is 0 Å². The molecule has 0 aliphatic heterocycles. The molecule has 0 unspecified atom stereocenters. The Hall–Kier alpha value is -1.57. The van der Waals surface area contributed by atoms with Crippen LogP contribution in [0, 0.1) is 6.92 Å². The van der Waals surface area contributed by atoms with E-state index in [0.717, 1.165) is 13.0 Å². The second-order valence-electron chi connectivity index (χ2n) is 3.83. The average Bonchev–Trinajstić information content (AvgIpc) is 2.60. The molecule has 2 nitrogen and oxygen atoms in total. The molecule has 0 aliphatic carbocycles. The Labute approximate surface area is 90.6 Å². The van der Waals surface area contributed by atoms with E-state index in [-0.39, 0.29) is 0 Å². The van der Waals surface area contributed by atoms with Gasteiger partial charge in [-0.1, -0.05) is 30.3 Å². The minimum Gasteiger partial charge on any atom is -0.245 e. The van der Waals surface area contributed by atoms with Crippen molar-refractivity contribution in [2.45, 2.75) is 26.8 Å². The normalized spacial score (nSPS) is 10.5. The van der Waals surface area contributed by atoms with Crippen LogP contribution in [0.25, 0.3) is 0 Å². The predicted molar refractivity (Wildman–Crippen MR) is 60.6 cm³/mol. The van der Waals surface area contributed by atoms with E-state index in [1.54, 1.807) is 0 Å². The Morgan fingerprint density at radius 3 is 2.60 bits per heavy atom. The van der Waals surface area contributed by atoms with Gasteiger partial charge in [0.1, 0.15) is 11.9 Å². The van der Waals surface area contributed by atoms with Crippen molar-refractivity contribution in [2.75, 3.05) is 0 Å². The van der Waals surface area contributed by atoms with E-state index < -0.39 is 0 Å². The van der Waals surface area contributed by atoms with E-state index in [1.807, 2.05) is 0 Å². The van der Waals surface area contributed by atoms with Gasteiger partial charge in [0.25, 0.3) is 5.82 Å². The third-order valence-electron chi connectivity index (χ3n) is 2.59. The summed E-state index contributed by atoms with van der Waals surface area (Å²) in [7, 11) is 0. The summed E-state index contributed by atoms with van der Waals surface area (Å²) in [4.78, 5) is 3.41. The van der Waals surface area contributed by atoms with Gasteiger partial charge in [-0.2, -0.15) is 0 Å². The smallest absolute Gasteiger partial charge is 0.245 e. The summed E-state index contributed by atoms with van der Waals surface area (Å²) in [6, 6.07) is 10.5. The highest BCUT2D eigenvalue weighted by Gasteiger charge is 2.11. The van der Waals surface area contributed by atoms with Gasteiger partial charge in [0.05, 0.1) is 13.0 Å². The molecule has 0 bridgehead atoms. The van der Waals surface area contributed by atoms with E-state index in [0.29, 0.717) is 0 Å². The van der Waals surface area contributed by atoms with E-state index in [2.05, 4.69) is 59.9 Å². The number of H-pyrrole nitrogens is 1. The zero-order valence-corrected chi connectivity index (χ0v) is 9.33. The lowest BCUT2D eigenvalue weighted by molar-refractivity contribution is -0.699. The van der Waals surface area contributed by atoms with Crippen LogP contribution in [-0.4, -0.2) is 4.98 Å². The maximum atomic E-state index is 3.41. The van der Waals surface area contributed by atoms with Crippen molar-refractivity contribution < 1.29 is 4.57 Å². The van der Waals surface area contributed by atoms with Gasteiger partial charge in [0.15, 0.2) is 0 Å². The van der Waals surface area contributed by atoms with Crippen molar-refractivity contribution in [3.05, 3.63) is 53.6 Å². The minimum absolute atomic E-state index is 0.975. The summed E-state index contributed by atoms with van der Waals surface area (Å²) in [5.74, 6) is 1.28. The highest BCUT2D eigenvalue weighted by atomic mass is 15.1. The van der Waals surface area contributed by atoms with Crippen molar-refractivity contribution >= 4 is 0 Å². The van der Waals surface area contributed by atoms with Crippen molar-refractivity contribution in [2.24, 2.45) is 0 Å². The SMILES string of the molecule is CC[n+]1cc(C)[nH]c1Cc1ccccc1. The van der Waals surface area contributed by atoms with Crippen LogP contribution in [0.5, 0.6) is 0 Å². The van der Waals surface area contributed by atoms with Crippen molar-refractivity contribution in [3.63, 3.8) is 0 Å². The molecule has 2 heteroatoms. The Morgan fingerprint density at radius 2 is 1.93 bits per heavy atom. The molecule has 0 radical (unpaired) electrons. The Morgan fingerprint density at radius 1 is 1.20 bits per heavy atom. The number of aromatic nitrogens is 2. The first kappa shape index (κ1) is 9.97. The number of nitrogens with zero attached hydrogens (tertiary/aromatic N) is 1. The number of rotatable bonds is 3. The molecule has 0 aliphatic rings. The lowest BCUT2D eigenvalue weighted by Crippen LogP contribution is -2.34. The molecule has 15 heavy (non-hydrogen) atoms. The van der Waals surface area contributed by atoms with Crippen molar-refractivity contribution in [3.8, 4) is 0 Å². The first-order chi connectivity index (χ1) is 7.29. The van der Waals surface area contributed by atoms with Gasteiger partial charge in [-0.15, -0.1) is 0 Å². The molecule has 1 aromatic carbocycles. The van der Waals surface area contributed by atoms with E-state index in [9.17, 15) is 0 Å². The van der Waals surface area contributed by atoms with Crippen LogP contribution in [0.3, 0.4) is 0 Å². The predicted octanol–water partition coefficient (Wildman–Crippen LogP) is 2.22. The van der Waals surface area contributed by atoms with Crippen LogP contribution >= 0.6 is 0 Å². The fourth-order valence-corrected chi connectivity index (χ4v) is 1.86. The van der Waals surface area contributed by atoms with Crippen LogP contribution in [0.15, 0.2) is 36.5 Å². The summed E-state index contributed by atoms with van der Waals surface area (Å²) in [6.07, 6.45) is 3.14. The number of benzene rings is 1. The van der Waals surface area contributed by atoms with Gasteiger partial charge in [0, 0.05) is 6.92 Å². The maximum Gasteiger partial charge on any atom is 0.258 e. The molecule has 0 saturated carbocycles. The Bertz CT molecular complexity index is 429. The van der Waals surface area contributed by atoms with E-state index in [1.165, 1.54) is 17.1 Å². The third kappa shape index (κ3) is 2.27. The molecule has 0 saturated heterocycles. The van der Waals surface area contributed by atoms with Crippen molar-refractivity contribution in [1.82, 2.24) is 4.98 Å². The number of nitrogens with one attached hydrogen (secondary N) is 1. The number of aromatic amines is 1. The molecule has 0 amide bonds. The summed E-state index contributed by atoms with van der Waals surface area (Å²) in [5.41, 5.74) is 2.57. The molecule has 0 fully saturated rings. The summed E-state index contributed by atoms with van der Waals surface area (Å²) >= 11 is 0. The molecule has 0 atom stereocenters. The van der Waals surface area contributed by atoms with Gasteiger partial charge in [-0.25, -0.2) is 9.55 Å². The molecule has 1 heterocycles. The van der Waals surface area contributed by atoms with Gasteiger partial charge in [0.2, 0.25) is 0 Å². The summed E-state index contributed by atoms with van der Waals surface area (Å²) < 4.78 is 2.27. The van der Waals surface area contributed by atoms with Gasteiger partial charge < -0.3 is 0 Å². The number of hydrogen-bond acceptors (Lipinski definition) is 0. The highest BCUT2D eigenvalue weighted by molar-refractivity contribution is 5.17. The van der Waals surface area contributed by atoms with E-state index in [4.69, 9.17) is 0 Å². The van der Waals surface area contributed by atoms with Crippen molar-refractivity contribution in [1.29, 1.82) is 0 Å². The van der Waals surface area contributed by atoms with Gasteiger partial charge in [-0.05, 0) is 12.5 Å². The quantitative estimate of drug-likeness (QED) is 0.735. The van der Waals surface area contributed by atoms with Gasteiger partial charge >= 0.3 is 0 Å². The maximum absolute atomic E-state index is 3.41. The number of imidazole rings is 1. The zero-order valence-electron chi connectivity index (χ0n) is 9.33. The second kappa shape index (κ2) is 4.30. The van der Waals surface area contributed by atoms with Crippen LogP contribution < -0.4 is 4.57 Å². The molecule has 1 N–H and O–H groups in total. The van der Waals surface area contributed by atoms with Crippen LogP contribution in [-0.2, 0) is 13.0 Å². The highest BCUT2D eigenvalue weighted by Crippen LogP contribution is 2.04. The third-order valence-corrected chi connectivity index (χ3v) is 2.59. The number of aryl methyl sites for hydroxylation is 2. The first-order valence-electron chi connectivity index (χ1n) is 5.41. The lowest BCUT2D eigenvalue weighted by Gasteiger charge is -1.97. The largest absolute Gasteiger partial charge is 0.258 e. The molecule has 1 aromatic heterocycles. The number of hydrogen-bond donors (Lipinski definition) is 1. The minimum atomic E-state index is 0.975. The average molecular weight is 201 g/mol. The molecular formula is C13H17N2+. The monoisotopic (exact) mass is 201 g/mol. The Balaban J connectivity index is 2.24. The molecular weight excluding hydrogens is 184 g/mol.